The van der Waals surface area contributed by atoms with Gasteiger partial charge in [0.25, 0.3) is 0 Å². The van der Waals surface area contributed by atoms with Crippen LogP contribution in [-0.4, -0.2) is 49.6 Å². The fraction of sp³-hybridized carbons (Fsp3) is 0.636. The third-order valence-corrected chi connectivity index (χ3v) is 5.21. The fourth-order valence-electron chi connectivity index (χ4n) is 3.36. The Bertz CT molecular complexity index is 664. The van der Waals surface area contributed by atoms with Crippen molar-refractivity contribution >= 4 is 35.8 Å². The van der Waals surface area contributed by atoms with Gasteiger partial charge in [0.05, 0.1) is 6.54 Å². The highest BCUT2D eigenvalue weighted by Gasteiger charge is 2.21. The molecule has 0 aromatic heterocycles. The molecule has 7 heteroatoms. The minimum absolute atomic E-state index is 0. The predicted octanol–water partition coefficient (Wildman–Crippen LogP) is 3.30. The van der Waals surface area contributed by atoms with Gasteiger partial charge in [0.1, 0.15) is 0 Å². The van der Waals surface area contributed by atoms with E-state index in [0.717, 1.165) is 57.6 Å². The van der Waals surface area contributed by atoms with E-state index in [4.69, 9.17) is 9.73 Å². The molecule has 6 nitrogen and oxygen atoms in total. The molecule has 0 unspecified atom stereocenters. The first-order valence-corrected chi connectivity index (χ1v) is 10.7. The van der Waals surface area contributed by atoms with Gasteiger partial charge in [-0.15, -0.1) is 24.0 Å². The molecule has 1 aromatic rings. The number of amides is 1. The molecule has 1 aliphatic carbocycles. The number of rotatable bonds is 11. The Kier molecular flexibility index (Phi) is 10.8. The molecule has 2 N–H and O–H groups in total. The number of aliphatic imine (C=N–C) groups is 1. The lowest BCUT2D eigenvalue weighted by Crippen LogP contribution is -2.38. The molecule has 1 amide bonds. The van der Waals surface area contributed by atoms with Gasteiger partial charge in [-0.2, -0.15) is 0 Å². The van der Waals surface area contributed by atoms with Crippen LogP contribution in [0.1, 0.15) is 50.2 Å². The van der Waals surface area contributed by atoms with Crippen LogP contribution >= 0.6 is 24.0 Å². The fourth-order valence-corrected chi connectivity index (χ4v) is 3.36. The molecule has 1 aromatic carbocycles. The number of ether oxygens (including phenoxy) is 1. The summed E-state index contributed by atoms with van der Waals surface area (Å²) in [5, 5.41) is 6.69. The number of halogens is 1. The number of hydrogen-bond donors (Lipinski definition) is 2. The molecular weight excluding hydrogens is 479 g/mol. The van der Waals surface area contributed by atoms with Crippen LogP contribution in [0.3, 0.4) is 0 Å². The molecule has 29 heavy (non-hydrogen) atoms. The third-order valence-electron chi connectivity index (χ3n) is 5.21. The molecular formula is C22H35IN4O2. The highest BCUT2D eigenvalue weighted by molar-refractivity contribution is 14.0. The standard InChI is InChI=1S/C22H34N4O2.HI/c1-2-23-22(24-12-6-14-28-17-18-10-11-18)25-15-19-7-3-4-8-20(19)16-26-13-5-9-21(26)27;/h3-4,7-8,18H,2,5-6,9-17H2,1H3,(H2,23,24,25);1H. The molecule has 0 spiro atoms. The van der Waals surface area contributed by atoms with E-state index in [2.05, 4.69) is 29.7 Å². The third kappa shape index (κ3) is 8.50. The van der Waals surface area contributed by atoms with Gasteiger partial charge in [0.2, 0.25) is 5.91 Å². The van der Waals surface area contributed by atoms with Crippen LogP contribution in [0, 0.1) is 5.92 Å². The van der Waals surface area contributed by atoms with Crippen molar-refractivity contribution in [3.05, 3.63) is 35.4 Å². The second kappa shape index (κ2) is 13.1. The molecule has 2 aliphatic rings. The summed E-state index contributed by atoms with van der Waals surface area (Å²) in [5.41, 5.74) is 2.36. The maximum atomic E-state index is 11.9. The smallest absolute Gasteiger partial charge is 0.222 e. The second-order valence-electron chi connectivity index (χ2n) is 7.68. The molecule has 162 valence electrons. The number of likely N-dealkylation sites (tertiary alicyclic amines) is 1. The molecule has 0 bridgehead atoms. The van der Waals surface area contributed by atoms with Gasteiger partial charge in [-0.25, -0.2) is 4.99 Å². The average molecular weight is 514 g/mol. The summed E-state index contributed by atoms with van der Waals surface area (Å²) >= 11 is 0. The summed E-state index contributed by atoms with van der Waals surface area (Å²) in [4.78, 5) is 18.6. The molecule has 1 saturated carbocycles. The van der Waals surface area contributed by atoms with Crippen molar-refractivity contribution in [2.45, 2.75) is 52.1 Å². The van der Waals surface area contributed by atoms with Crippen LogP contribution < -0.4 is 10.6 Å². The van der Waals surface area contributed by atoms with Gasteiger partial charge in [0, 0.05) is 45.8 Å². The second-order valence-corrected chi connectivity index (χ2v) is 7.68. The van der Waals surface area contributed by atoms with Gasteiger partial charge in [-0.1, -0.05) is 24.3 Å². The molecule has 0 atom stereocenters. The molecule has 2 fully saturated rings. The van der Waals surface area contributed by atoms with Gasteiger partial charge in [-0.05, 0) is 49.7 Å². The average Bonchev–Trinajstić information content (AvgIpc) is 3.45. The maximum Gasteiger partial charge on any atom is 0.222 e. The number of hydrogen-bond acceptors (Lipinski definition) is 3. The van der Waals surface area contributed by atoms with Crippen molar-refractivity contribution in [1.82, 2.24) is 15.5 Å². The number of nitrogens with zero attached hydrogens (tertiary/aromatic N) is 2. The van der Waals surface area contributed by atoms with E-state index in [1.54, 1.807) is 0 Å². The minimum Gasteiger partial charge on any atom is -0.381 e. The molecule has 3 rings (SSSR count). The number of benzene rings is 1. The Labute approximate surface area is 191 Å². The lowest BCUT2D eigenvalue weighted by atomic mass is 10.1. The lowest BCUT2D eigenvalue weighted by molar-refractivity contribution is -0.128. The SMILES string of the molecule is CCNC(=NCc1ccccc1CN1CCCC1=O)NCCCOCC1CC1.I. The Hall–Kier alpha value is -1.35. The van der Waals surface area contributed by atoms with Crippen LogP contribution in [0.5, 0.6) is 0 Å². The summed E-state index contributed by atoms with van der Waals surface area (Å²) in [6.45, 7) is 7.62. The van der Waals surface area contributed by atoms with Crippen molar-refractivity contribution in [2.75, 3.05) is 32.8 Å². The quantitative estimate of drug-likeness (QED) is 0.206. The van der Waals surface area contributed by atoms with Crippen LogP contribution in [0.25, 0.3) is 0 Å². The number of guanidine groups is 1. The first kappa shape index (κ1) is 23.9. The number of carbonyl (C=O) groups excluding carboxylic acids is 1. The summed E-state index contributed by atoms with van der Waals surface area (Å²) in [6.07, 6.45) is 5.30. The summed E-state index contributed by atoms with van der Waals surface area (Å²) in [6, 6.07) is 8.29. The first-order chi connectivity index (χ1) is 13.8. The zero-order valence-corrected chi connectivity index (χ0v) is 19.8. The maximum absolute atomic E-state index is 11.9. The summed E-state index contributed by atoms with van der Waals surface area (Å²) in [5.74, 6) is 1.91. The van der Waals surface area contributed by atoms with Gasteiger partial charge < -0.3 is 20.3 Å². The number of carbonyl (C=O) groups is 1. The van der Waals surface area contributed by atoms with E-state index >= 15 is 0 Å². The van der Waals surface area contributed by atoms with Crippen molar-refractivity contribution < 1.29 is 9.53 Å². The molecule has 0 radical (unpaired) electrons. The van der Waals surface area contributed by atoms with E-state index < -0.39 is 0 Å². The zero-order valence-electron chi connectivity index (χ0n) is 17.5. The Morgan fingerprint density at radius 2 is 2.03 bits per heavy atom. The van der Waals surface area contributed by atoms with E-state index in [-0.39, 0.29) is 29.9 Å². The van der Waals surface area contributed by atoms with E-state index in [0.29, 0.717) is 19.5 Å². The van der Waals surface area contributed by atoms with E-state index in [1.807, 2.05) is 17.0 Å². The Morgan fingerprint density at radius 3 is 2.72 bits per heavy atom. The largest absolute Gasteiger partial charge is 0.381 e. The van der Waals surface area contributed by atoms with E-state index in [1.165, 1.54) is 24.0 Å². The number of nitrogens with one attached hydrogen (secondary N) is 2. The zero-order chi connectivity index (χ0) is 19.6. The van der Waals surface area contributed by atoms with Crippen LogP contribution in [0.4, 0.5) is 0 Å². The topological polar surface area (TPSA) is 66.0 Å². The van der Waals surface area contributed by atoms with Crippen molar-refractivity contribution in [2.24, 2.45) is 10.9 Å². The van der Waals surface area contributed by atoms with Crippen LogP contribution in [0.2, 0.25) is 0 Å². The van der Waals surface area contributed by atoms with Crippen molar-refractivity contribution in [3.8, 4) is 0 Å². The Balaban J connectivity index is 0.00000300. The van der Waals surface area contributed by atoms with Gasteiger partial charge in [0.15, 0.2) is 5.96 Å². The highest BCUT2D eigenvalue weighted by Crippen LogP contribution is 2.28. The summed E-state index contributed by atoms with van der Waals surface area (Å²) < 4.78 is 5.68. The molecule has 1 heterocycles. The van der Waals surface area contributed by atoms with Gasteiger partial charge in [-0.3, -0.25) is 4.79 Å². The van der Waals surface area contributed by atoms with E-state index in [9.17, 15) is 4.79 Å². The lowest BCUT2D eigenvalue weighted by Gasteiger charge is -2.18. The summed E-state index contributed by atoms with van der Waals surface area (Å²) in [7, 11) is 0. The predicted molar refractivity (Wildman–Crippen MR) is 127 cm³/mol. The highest BCUT2D eigenvalue weighted by atomic mass is 127. The Morgan fingerprint density at radius 1 is 1.24 bits per heavy atom. The van der Waals surface area contributed by atoms with Crippen LogP contribution in [-0.2, 0) is 22.6 Å². The minimum atomic E-state index is 0. The van der Waals surface area contributed by atoms with Gasteiger partial charge >= 0.3 is 0 Å². The molecule has 1 saturated heterocycles. The molecule has 1 aliphatic heterocycles. The van der Waals surface area contributed by atoms with Crippen molar-refractivity contribution in [1.29, 1.82) is 0 Å². The monoisotopic (exact) mass is 514 g/mol. The normalized spacial score (nSPS) is 16.7. The first-order valence-electron chi connectivity index (χ1n) is 10.7. The van der Waals surface area contributed by atoms with Crippen molar-refractivity contribution in [3.63, 3.8) is 0 Å². The van der Waals surface area contributed by atoms with Crippen LogP contribution in [0.15, 0.2) is 29.3 Å².